The predicted molar refractivity (Wildman–Crippen MR) is 137 cm³/mol. The summed E-state index contributed by atoms with van der Waals surface area (Å²) < 4.78 is 5.86. The number of hydrogen-bond acceptors (Lipinski definition) is 5. The SMILES string of the molecule is Cc1ccccc1C(C)N1CC2CC1CN2C(=O)Nc1ccc(OCCc2scnc2C)cc1. The first-order valence-corrected chi connectivity index (χ1v) is 12.9. The fourth-order valence-electron chi connectivity index (χ4n) is 5.31. The van der Waals surface area contributed by atoms with Crippen LogP contribution in [0.2, 0.25) is 0 Å². The molecule has 2 aliphatic rings. The van der Waals surface area contributed by atoms with E-state index in [4.69, 9.17) is 4.74 Å². The van der Waals surface area contributed by atoms with Crippen molar-refractivity contribution in [2.45, 2.75) is 51.7 Å². The molecule has 2 bridgehead atoms. The molecule has 6 nitrogen and oxygen atoms in total. The highest BCUT2D eigenvalue weighted by Gasteiger charge is 2.46. The van der Waals surface area contributed by atoms with Crippen molar-refractivity contribution in [1.82, 2.24) is 14.8 Å². The number of likely N-dealkylation sites (tertiary alicyclic amines) is 2. The van der Waals surface area contributed by atoms with Crippen LogP contribution in [0.1, 0.15) is 41.1 Å². The first-order valence-electron chi connectivity index (χ1n) is 12.0. The molecule has 0 spiro atoms. The van der Waals surface area contributed by atoms with E-state index in [9.17, 15) is 4.79 Å². The molecule has 178 valence electrons. The van der Waals surface area contributed by atoms with Gasteiger partial charge in [0.25, 0.3) is 0 Å². The van der Waals surface area contributed by atoms with Crippen molar-refractivity contribution in [1.29, 1.82) is 0 Å². The fourth-order valence-corrected chi connectivity index (χ4v) is 6.07. The summed E-state index contributed by atoms with van der Waals surface area (Å²) in [6.45, 7) is 8.82. The number of hydrogen-bond donors (Lipinski definition) is 1. The zero-order valence-corrected chi connectivity index (χ0v) is 20.8. The van der Waals surface area contributed by atoms with Gasteiger partial charge in [-0.05, 0) is 62.6 Å². The molecule has 7 heteroatoms. The second-order valence-electron chi connectivity index (χ2n) is 9.34. The largest absolute Gasteiger partial charge is 0.493 e. The minimum Gasteiger partial charge on any atom is -0.493 e. The van der Waals surface area contributed by atoms with Gasteiger partial charge in [-0.2, -0.15) is 0 Å². The maximum Gasteiger partial charge on any atom is 0.322 e. The summed E-state index contributed by atoms with van der Waals surface area (Å²) in [7, 11) is 0. The molecule has 1 aromatic heterocycles. The number of nitrogens with zero attached hydrogens (tertiary/aromatic N) is 3. The first-order chi connectivity index (χ1) is 16.5. The summed E-state index contributed by atoms with van der Waals surface area (Å²) in [6.07, 6.45) is 1.90. The van der Waals surface area contributed by atoms with Crippen LogP contribution in [0.25, 0.3) is 0 Å². The van der Waals surface area contributed by atoms with Gasteiger partial charge < -0.3 is 15.0 Å². The van der Waals surface area contributed by atoms with Gasteiger partial charge in [0.1, 0.15) is 5.75 Å². The van der Waals surface area contributed by atoms with Crippen molar-refractivity contribution >= 4 is 23.1 Å². The number of urea groups is 1. The molecule has 0 saturated carbocycles. The van der Waals surface area contributed by atoms with Crippen LogP contribution in [0.4, 0.5) is 10.5 Å². The van der Waals surface area contributed by atoms with E-state index in [0.717, 1.165) is 43.1 Å². The van der Waals surface area contributed by atoms with Gasteiger partial charge >= 0.3 is 6.03 Å². The third-order valence-corrected chi connectivity index (χ3v) is 8.22. The van der Waals surface area contributed by atoms with E-state index in [1.54, 1.807) is 11.3 Å². The van der Waals surface area contributed by atoms with Gasteiger partial charge in [0.15, 0.2) is 0 Å². The second-order valence-corrected chi connectivity index (χ2v) is 10.3. The highest BCUT2D eigenvalue weighted by molar-refractivity contribution is 7.09. The molecule has 1 N–H and O–H groups in total. The molecule has 5 rings (SSSR count). The lowest BCUT2D eigenvalue weighted by molar-refractivity contribution is 0.115. The van der Waals surface area contributed by atoms with E-state index < -0.39 is 0 Å². The van der Waals surface area contributed by atoms with Crippen LogP contribution in [-0.2, 0) is 6.42 Å². The number of aryl methyl sites for hydroxylation is 2. The molecule has 2 fully saturated rings. The molecule has 3 atom stereocenters. The molecule has 2 amide bonds. The highest BCUT2D eigenvalue weighted by atomic mass is 32.1. The summed E-state index contributed by atoms with van der Waals surface area (Å²) in [4.78, 5) is 23.1. The molecular formula is C27H32N4O2S. The monoisotopic (exact) mass is 476 g/mol. The lowest BCUT2D eigenvalue weighted by Gasteiger charge is -2.38. The number of benzene rings is 2. The Bertz CT molecular complexity index is 1150. The number of amides is 2. The standard InChI is InChI=1S/C27H32N4O2S/c1-18-6-4-5-7-25(18)20(3)30-15-23-14-22(30)16-31(23)27(32)29-21-8-10-24(11-9-21)33-13-12-26-19(2)28-17-34-26/h4-11,17,20,22-23H,12-16H2,1-3H3,(H,29,32). The molecule has 2 saturated heterocycles. The van der Waals surface area contributed by atoms with Gasteiger partial charge in [0, 0.05) is 48.2 Å². The minimum atomic E-state index is -0.00923. The Morgan fingerprint density at radius 3 is 2.62 bits per heavy atom. The Morgan fingerprint density at radius 1 is 1.15 bits per heavy atom. The molecule has 0 aliphatic carbocycles. The lowest BCUT2D eigenvalue weighted by atomic mass is 10.0. The summed E-state index contributed by atoms with van der Waals surface area (Å²) in [6, 6.07) is 17.3. The van der Waals surface area contributed by atoms with Crippen molar-refractivity contribution in [3.63, 3.8) is 0 Å². The summed E-state index contributed by atoms with van der Waals surface area (Å²) in [5.74, 6) is 0.807. The number of fused-ring (bicyclic) bond motifs is 2. The van der Waals surface area contributed by atoms with Gasteiger partial charge in [-0.25, -0.2) is 9.78 Å². The molecule has 0 radical (unpaired) electrons. The van der Waals surface area contributed by atoms with E-state index in [-0.39, 0.29) is 12.1 Å². The Kier molecular flexibility index (Phi) is 6.57. The van der Waals surface area contributed by atoms with Crippen LogP contribution >= 0.6 is 11.3 Å². The van der Waals surface area contributed by atoms with Gasteiger partial charge in [-0.1, -0.05) is 24.3 Å². The number of aromatic nitrogens is 1. The zero-order valence-electron chi connectivity index (χ0n) is 20.0. The zero-order chi connectivity index (χ0) is 23.7. The van der Waals surface area contributed by atoms with E-state index in [1.165, 1.54) is 16.0 Å². The maximum atomic E-state index is 13.0. The van der Waals surface area contributed by atoms with Gasteiger partial charge in [0.05, 0.1) is 17.8 Å². The van der Waals surface area contributed by atoms with Crippen LogP contribution in [0, 0.1) is 13.8 Å². The predicted octanol–water partition coefficient (Wildman–Crippen LogP) is 5.43. The fraction of sp³-hybridized carbons (Fsp3) is 0.407. The van der Waals surface area contributed by atoms with E-state index in [0.29, 0.717) is 18.7 Å². The number of nitrogens with one attached hydrogen (secondary N) is 1. The van der Waals surface area contributed by atoms with Crippen LogP contribution in [0.5, 0.6) is 5.75 Å². The average molecular weight is 477 g/mol. The average Bonchev–Trinajstić information content (AvgIpc) is 3.56. The maximum absolute atomic E-state index is 13.0. The summed E-state index contributed by atoms with van der Waals surface area (Å²) in [5, 5.41) is 3.07. The van der Waals surface area contributed by atoms with Crippen LogP contribution in [0.15, 0.2) is 54.0 Å². The number of anilines is 1. The van der Waals surface area contributed by atoms with Crippen molar-refractivity contribution in [3.05, 3.63) is 75.7 Å². The summed E-state index contributed by atoms with van der Waals surface area (Å²) in [5.41, 5.74) is 6.46. The Balaban J connectivity index is 1.12. The topological polar surface area (TPSA) is 57.7 Å². The third kappa shape index (κ3) is 4.68. The number of ether oxygens (including phenoxy) is 1. The van der Waals surface area contributed by atoms with Gasteiger partial charge in [0.2, 0.25) is 0 Å². The second kappa shape index (κ2) is 9.76. The van der Waals surface area contributed by atoms with Gasteiger partial charge in [-0.15, -0.1) is 11.3 Å². The van der Waals surface area contributed by atoms with Crippen molar-refractivity contribution < 1.29 is 9.53 Å². The summed E-state index contributed by atoms with van der Waals surface area (Å²) >= 11 is 1.67. The van der Waals surface area contributed by atoms with Crippen LogP contribution in [0.3, 0.4) is 0 Å². The smallest absolute Gasteiger partial charge is 0.322 e. The number of thiazole rings is 1. The van der Waals surface area contributed by atoms with Crippen LogP contribution < -0.4 is 10.1 Å². The molecule has 2 aromatic carbocycles. The molecule has 3 heterocycles. The number of carbonyl (C=O) groups is 1. The lowest BCUT2D eigenvalue weighted by Crippen LogP contribution is -2.50. The number of piperazine rings is 1. The highest BCUT2D eigenvalue weighted by Crippen LogP contribution is 2.37. The van der Waals surface area contributed by atoms with E-state index in [2.05, 4.69) is 53.3 Å². The molecule has 2 aliphatic heterocycles. The molecule has 34 heavy (non-hydrogen) atoms. The first kappa shape index (κ1) is 22.9. The normalized spacial score (nSPS) is 20.5. The Morgan fingerprint density at radius 2 is 1.94 bits per heavy atom. The minimum absolute atomic E-state index is 0.00923. The van der Waals surface area contributed by atoms with Crippen molar-refractivity contribution in [2.24, 2.45) is 0 Å². The molecule has 3 unspecified atom stereocenters. The van der Waals surface area contributed by atoms with E-state index in [1.807, 2.05) is 41.6 Å². The quantitative estimate of drug-likeness (QED) is 0.494. The number of carbonyl (C=O) groups excluding carboxylic acids is 1. The molecule has 3 aromatic rings. The van der Waals surface area contributed by atoms with Crippen molar-refractivity contribution in [3.8, 4) is 5.75 Å². The van der Waals surface area contributed by atoms with E-state index >= 15 is 0 Å². The Hall–Kier alpha value is -2.90. The van der Waals surface area contributed by atoms with Gasteiger partial charge in [-0.3, -0.25) is 4.90 Å². The Labute approximate surface area is 205 Å². The van der Waals surface area contributed by atoms with Crippen LogP contribution in [-0.4, -0.2) is 52.6 Å². The van der Waals surface area contributed by atoms with Crippen molar-refractivity contribution in [2.75, 3.05) is 25.0 Å². The third-order valence-electron chi connectivity index (χ3n) is 7.23. The molecular weight excluding hydrogens is 444 g/mol. The number of rotatable bonds is 7.